The summed E-state index contributed by atoms with van der Waals surface area (Å²) in [5, 5.41) is 3.82. The van der Waals surface area contributed by atoms with Crippen LogP contribution in [0.5, 0.6) is 0 Å². The van der Waals surface area contributed by atoms with Crippen molar-refractivity contribution in [2.24, 2.45) is 5.73 Å². The van der Waals surface area contributed by atoms with Gasteiger partial charge in [0.25, 0.3) is 0 Å². The number of nitrogens with one attached hydrogen (secondary N) is 1. The minimum Gasteiger partial charge on any atom is -0.373 e. The number of hydrogen-bond donors (Lipinski definition) is 2. The molecule has 0 aliphatic heterocycles. The minimum atomic E-state index is -0.335. The zero-order chi connectivity index (χ0) is 12.8. The molecule has 0 fully saturated rings. The molecular weight excluding hydrogens is 234 g/mol. The highest BCUT2D eigenvalue weighted by atomic mass is 16.5. The van der Waals surface area contributed by atoms with E-state index in [1.807, 2.05) is 6.92 Å². The van der Waals surface area contributed by atoms with Crippen molar-refractivity contribution in [1.29, 1.82) is 0 Å². The van der Waals surface area contributed by atoms with E-state index >= 15 is 0 Å². The molecule has 1 atom stereocenters. The van der Waals surface area contributed by atoms with E-state index in [1.165, 1.54) is 0 Å². The number of rotatable bonds is 7. The lowest BCUT2D eigenvalue weighted by molar-refractivity contribution is 0.114. The monoisotopic (exact) mass is 251 g/mol. The minimum absolute atomic E-state index is 0.335. The lowest BCUT2D eigenvalue weighted by Crippen LogP contribution is -2.14. The number of nitrogens with two attached hydrogens (primary N) is 1. The number of nitrogens with zero attached hydrogens (tertiary/aromatic N) is 3. The van der Waals surface area contributed by atoms with E-state index in [1.54, 1.807) is 12.5 Å². The normalized spacial score (nSPS) is 12.8. The molecule has 98 valence electrons. The first-order valence-electron chi connectivity index (χ1n) is 5.92. The molecule has 7 nitrogen and oxygen atoms in total. The predicted octanol–water partition coefficient (Wildman–Crippen LogP) is 0.962. The Hall–Kier alpha value is -1.73. The van der Waals surface area contributed by atoms with E-state index < -0.39 is 0 Å². The van der Waals surface area contributed by atoms with Gasteiger partial charge < -0.3 is 20.0 Å². The van der Waals surface area contributed by atoms with E-state index in [0.717, 1.165) is 12.1 Å². The van der Waals surface area contributed by atoms with Crippen molar-refractivity contribution in [3.8, 4) is 0 Å². The van der Waals surface area contributed by atoms with Crippen molar-refractivity contribution in [3.05, 3.63) is 29.9 Å². The van der Waals surface area contributed by atoms with Gasteiger partial charge in [0.1, 0.15) is 6.61 Å². The summed E-state index contributed by atoms with van der Waals surface area (Å²) in [6, 6.07) is -0.335. The Bertz CT molecular complexity index is 454. The van der Waals surface area contributed by atoms with E-state index in [0.29, 0.717) is 31.3 Å². The van der Waals surface area contributed by atoms with Gasteiger partial charge >= 0.3 is 0 Å². The van der Waals surface area contributed by atoms with E-state index in [9.17, 15) is 0 Å². The number of hydrogen-bond acceptors (Lipinski definition) is 6. The summed E-state index contributed by atoms with van der Waals surface area (Å²) in [6.45, 7) is 3.08. The maximum atomic E-state index is 5.97. The van der Waals surface area contributed by atoms with Gasteiger partial charge in [0.2, 0.25) is 5.89 Å². The van der Waals surface area contributed by atoms with Crippen molar-refractivity contribution in [2.45, 2.75) is 32.4 Å². The highest BCUT2D eigenvalue weighted by Crippen LogP contribution is 2.12. The third-order valence-electron chi connectivity index (χ3n) is 2.38. The molecule has 0 aliphatic carbocycles. The zero-order valence-electron chi connectivity index (χ0n) is 10.3. The van der Waals surface area contributed by atoms with Crippen molar-refractivity contribution >= 4 is 0 Å². The Balaban J connectivity index is 1.88. The van der Waals surface area contributed by atoms with Gasteiger partial charge in [-0.2, -0.15) is 4.98 Å². The third-order valence-corrected chi connectivity index (χ3v) is 2.38. The van der Waals surface area contributed by atoms with Gasteiger partial charge in [0.15, 0.2) is 5.82 Å². The van der Waals surface area contributed by atoms with Crippen LogP contribution in [-0.2, 0) is 17.8 Å². The highest BCUT2D eigenvalue weighted by molar-refractivity contribution is 5.01. The molecule has 2 heterocycles. The summed E-state index contributed by atoms with van der Waals surface area (Å²) in [6.07, 6.45) is 4.88. The van der Waals surface area contributed by atoms with Crippen LogP contribution in [0.2, 0.25) is 0 Å². The molecule has 0 aromatic carbocycles. The maximum Gasteiger partial charge on any atom is 0.244 e. The molecular formula is C11H17N5O2. The van der Waals surface area contributed by atoms with Gasteiger partial charge in [-0.3, -0.25) is 0 Å². The van der Waals surface area contributed by atoms with Crippen LogP contribution < -0.4 is 5.73 Å². The average Bonchev–Trinajstić information content (AvgIpc) is 3.00. The Morgan fingerprint density at radius 2 is 2.44 bits per heavy atom. The first-order chi connectivity index (χ1) is 8.79. The standard InChI is InChI=1S/C11H17N5O2/c1-2-3-17-6-10-15-11(18-16-10)9(12)4-8-5-13-7-14-8/h5,7,9H,2-4,6,12H2,1H3,(H,13,14). The Labute approximate surface area is 105 Å². The molecule has 2 aromatic heterocycles. The van der Waals surface area contributed by atoms with Crippen LogP contribution in [0.4, 0.5) is 0 Å². The Morgan fingerprint density at radius 3 is 3.17 bits per heavy atom. The maximum absolute atomic E-state index is 5.97. The number of H-pyrrole nitrogens is 1. The second-order valence-corrected chi connectivity index (χ2v) is 3.99. The summed E-state index contributed by atoms with van der Waals surface area (Å²) in [4.78, 5) is 11.1. The Morgan fingerprint density at radius 1 is 1.56 bits per heavy atom. The first-order valence-corrected chi connectivity index (χ1v) is 5.92. The molecule has 0 saturated carbocycles. The molecule has 0 saturated heterocycles. The van der Waals surface area contributed by atoms with Crippen molar-refractivity contribution in [2.75, 3.05) is 6.61 Å². The zero-order valence-corrected chi connectivity index (χ0v) is 10.3. The molecule has 2 rings (SSSR count). The van der Waals surface area contributed by atoms with Crippen LogP contribution in [0.15, 0.2) is 17.0 Å². The van der Waals surface area contributed by atoms with Gasteiger partial charge in [-0.1, -0.05) is 12.1 Å². The fourth-order valence-electron chi connectivity index (χ4n) is 1.51. The smallest absolute Gasteiger partial charge is 0.244 e. The van der Waals surface area contributed by atoms with Crippen molar-refractivity contribution in [3.63, 3.8) is 0 Å². The molecule has 0 spiro atoms. The van der Waals surface area contributed by atoms with Gasteiger partial charge in [0, 0.05) is 24.9 Å². The lowest BCUT2D eigenvalue weighted by Gasteiger charge is -2.03. The SMILES string of the molecule is CCCOCc1noc(C(N)Cc2cnc[nH]2)n1. The molecule has 3 N–H and O–H groups in total. The van der Waals surface area contributed by atoms with E-state index in [-0.39, 0.29) is 6.04 Å². The second kappa shape index (κ2) is 6.27. The molecule has 1 unspecified atom stereocenters. The molecule has 7 heteroatoms. The number of aromatic nitrogens is 4. The quantitative estimate of drug-likeness (QED) is 0.710. The largest absolute Gasteiger partial charge is 0.373 e. The Kier molecular flexibility index (Phi) is 4.43. The van der Waals surface area contributed by atoms with Crippen LogP contribution in [-0.4, -0.2) is 26.7 Å². The molecule has 0 amide bonds. The predicted molar refractivity (Wildman–Crippen MR) is 63.5 cm³/mol. The summed E-state index contributed by atoms with van der Waals surface area (Å²) in [5.74, 6) is 0.943. The second-order valence-electron chi connectivity index (χ2n) is 3.99. The number of aromatic amines is 1. The average molecular weight is 251 g/mol. The fourth-order valence-corrected chi connectivity index (χ4v) is 1.51. The highest BCUT2D eigenvalue weighted by Gasteiger charge is 2.15. The van der Waals surface area contributed by atoms with Crippen LogP contribution in [0.1, 0.15) is 36.8 Å². The summed E-state index contributed by atoms with van der Waals surface area (Å²) >= 11 is 0. The van der Waals surface area contributed by atoms with E-state index in [2.05, 4.69) is 20.1 Å². The lowest BCUT2D eigenvalue weighted by atomic mass is 10.2. The molecule has 0 radical (unpaired) electrons. The van der Waals surface area contributed by atoms with Gasteiger partial charge in [-0.15, -0.1) is 0 Å². The number of ether oxygens (including phenoxy) is 1. The van der Waals surface area contributed by atoms with Crippen molar-refractivity contribution in [1.82, 2.24) is 20.1 Å². The molecule has 0 bridgehead atoms. The fraction of sp³-hybridized carbons (Fsp3) is 0.545. The molecule has 0 aliphatic rings. The van der Waals surface area contributed by atoms with Gasteiger partial charge in [-0.05, 0) is 6.42 Å². The summed E-state index contributed by atoms with van der Waals surface area (Å²) in [7, 11) is 0. The first kappa shape index (κ1) is 12.7. The molecule has 18 heavy (non-hydrogen) atoms. The topological polar surface area (TPSA) is 103 Å². The van der Waals surface area contributed by atoms with Gasteiger partial charge in [-0.25, -0.2) is 4.98 Å². The van der Waals surface area contributed by atoms with Crippen LogP contribution in [0.3, 0.4) is 0 Å². The summed E-state index contributed by atoms with van der Waals surface area (Å²) < 4.78 is 10.4. The third kappa shape index (κ3) is 3.38. The number of imidazole rings is 1. The van der Waals surface area contributed by atoms with E-state index in [4.69, 9.17) is 15.0 Å². The van der Waals surface area contributed by atoms with Crippen LogP contribution in [0.25, 0.3) is 0 Å². The molecule has 2 aromatic rings. The van der Waals surface area contributed by atoms with Gasteiger partial charge in [0.05, 0.1) is 12.4 Å². The van der Waals surface area contributed by atoms with Crippen molar-refractivity contribution < 1.29 is 9.26 Å². The van der Waals surface area contributed by atoms with Crippen LogP contribution in [0, 0.1) is 0 Å². The summed E-state index contributed by atoms with van der Waals surface area (Å²) in [5.41, 5.74) is 6.90. The van der Waals surface area contributed by atoms with Crippen LogP contribution >= 0.6 is 0 Å².